The van der Waals surface area contributed by atoms with Gasteiger partial charge in [0.25, 0.3) is 0 Å². The standard InChI is InChI=1S/C17H20BrNS/c1-2-16(17-4-3-9-20-17)19-15-10-13(11-15)12-5-7-14(18)8-6-12/h3-9,13,15-16,19H,2,10-11H2,1H3. The minimum Gasteiger partial charge on any atom is -0.306 e. The van der Waals surface area contributed by atoms with Crippen LogP contribution in [0.3, 0.4) is 0 Å². The molecule has 0 bridgehead atoms. The summed E-state index contributed by atoms with van der Waals surface area (Å²) < 4.78 is 1.17. The maximum atomic E-state index is 3.82. The SMILES string of the molecule is CCC(NC1CC(c2ccc(Br)cc2)C1)c1cccs1. The summed E-state index contributed by atoms with van der Waals surface area (Å²) in [4.78, 5) is 1.47. The van der Waals surface area contributed by atoms with Crippen molar-refractivity contribution >= 4 is 27.3 Å². The average Bonchev–Trinajstić information content (AvgIpc) is 2.93. The molecule has 0 amide bonds. The van der Waals surface area contributed by atoms with Gasteiger partial charge in [-0.3, -0.25) is 0 Å². The molecule has 1 aromatic heterocycles. The third-order valence-corrected chi connectivity index (χ3v) is 5.73. The zero-order chi connectivity index (χ0) is 13.9. The average molecular weight is 350 g/mol. The normalized spacial score (nSPS) is 23.3. The Labute approximate surface area is 133 Å². The van der Waals surface area contributed by atoms with Gasteiger partial charge in [-0.15, -0.1) is 11.3 Å². The van der Waals surface area contributed by atoms with E-state index in [9.17, 15) is 0 Å². The highest BCUT2D eigenvalue weighted by atomic mass is 79.9. The molecule has 1 fully saturated rings. The van der Waals surface area contributed by atoms with Crippen LogP contribution in [0.1, 0.15) is 48.6 Å². The number of rotatable bonds is 5. The molecule has 0 saturated heterocycles. The fourth-order valence-corrected chi connectivity index (χ4v) is 4.07. The van der Waals surface area contributed by atoms with E-state index < -0.39 is 0 Å². The van der Waals surface area contributed by atoms with Crippen LogP contribution in [0, 0.1) is 0 Å². The Morgan fingerprint density at radius 1 is 1.25 bits per heavy atom. The highest BCUT2D eigenvalue weighted by Crippen LogP contribution is 2.38. The quantitative estimate of drug-likeness (QED) is 0.751. The summed E-state index contributed by atoms with van der Waals surface area (Å²) in [5.41, 5.74) is 1.48. The van der Waals surface area contributed by atoms with Crippen LogP contribution in [0.4, 0.5) is 0 Å². The lowest BCUT2D eigenvalue weighted by molar-refractivity contribution is 0.264. The summed E-state index contributed by atoms with van der Waals surface area (Å²) >= 11 is 5.36. The summed E-state index contributed by atoms with van der Waals surface area (Å²) in [6, 6.07) is 14.4. The summed E-state index contributed by atoms with van der Waals surface area (Å²) in [7, 11) is 0. The molecule has 1 heterocycles. The van der Waals surface area contributed by atoms with Crippen LogP contribution >= 0.6 is 27.3 Å². The molecule has 106 valence electrons. The minimum atomic E-state index is 0.533. The fourth-order valence-electron chi connectivity index (χ4n) is 2.94. The van der Waals surface area contributed by atoms with E-state index in [2.05, 4.69) is 69.9 Å². The molecule has 20 heavy (non-hydrogen) atoms. The van der Waals surface area contributed by atoms with Crippen molar-refractivity contribution in [3.8, 4) is 0 Å². The number of hydrogen-bond donors (Lipinski definition) is 1. The Morgan fingerprint density at radius 2 is 2.00 bits per heavy atom. The maximum absolute atomic E-state index is 3.82. The van der Waals surface area contributed by atoms with Crippen LogP contribution in [0.5, 0.6) is 0 Å². The van der Waals surface area contributed by atoms with Gasteiger partial charge in [0.15, 0.2) is 0 Å². The van der Waals surface area contributed by atoms with Crippen LogP contribution in [0.15, 0.2) is 46.3 Å². The maximum Gasteiger partial charge on any atom is 0.0414 e. The van der Waals surface area contributed by atoms with Gasteiger partial charge in [0.05, 0.1) is 0 Å². The van der Waals surface area contributed by atoms with Gasteiger partial charge >= 0.3 is 0 Å². The first-order valence-corrected chi connectivity index (χ1v) is 8.98. The Hall–Kier alpha value is -0.640. The molecule has 1 aliphatic carbocycles. The van der Waals surface area contributed by atoms with Gasteiger partial charge in [0, 0.05) is 21.4 Å². The lowest BCUT2D eigenvalue weighted by atomic mass is 9.75. The van der Waals surface area contributed by atoms with Gasteiger partial charge in [0.2, 0.25) is 0 Å². The Balaban J connectivity index is 1.54. The van der Waals surface area contributed by atoms with Crippen LogP contribution < -0.4 is 5.32 Å². The number of hydrogen-bond acceptors (Lipinski definition) is 2. The zero-order valence-corrected chi connectivity index (χ0v) is 14.1. The molecule has 1 saturated carbocycles. The first kappa shape index (κ1) is 14.3. The highest BCUT2D eigenvalue weighted by Gasteiger charge is 2.31. The second-order valence-corrected chi connectivity index (χ2v) is 7.45. The van der Waals surface area contributed by atoms with E-state index in [4.69, 9.17) is 0 Å². The van der Waals surface area contributed by atoms with Crippen LogP contribution in [0.25, 0.3) is 0 Å². The predicted octanol–water partition coefficient (Wildman–Crippen LogP) is 5.50. The molecule has 1 N–H and O–H groups in total. The topological polar surface area (TPSA) is 12.0 Å². The van der Waals surface area contributed by atoms with Gasteiger partial charge in [0.1, 0.15) is 0 Å². The molecule has 1 aromatic carbocycles. The molecule has 1 aliphatic rings. The molecular formula is C17H20BrNS. The molecular weight excluding hydrogens is 330 g/mol. The van der Waals surface area contributed by atoms with Crippen molar-refractivity contribution in [2.75, 3.05) is 0 Å². The molecule has 3 rings (SSSR count). The Bertz CT molecular complexity index is 529. The lowest BCUT2D eigenvalue weighted by Gasteiger charge is -2.38. The van der Waals surface area contributed by atoms with E-state index in [0.717, 1.165) is 5.92 Å². The Morgan fingerprint density at radius 3 is 2.60 bits per heavy atom. The van der Waals surface area contributed by atoms with Crippen molar-refractivity contribution in [1.29, 1.82) is 0 Å². The van der Waals surface area contributed by atoms with Crippen molar-refractivity contribution < 1.29 is 0 Å². The minimum absolute atomic E-state index is 0.533. The van der Waals surface area contributed by atoms with Crippen molar-refractivity contribution in [1.82, 2.24) is 5.32 Å². The van der Waals surface area contributed by atoms with Gasteiger partial charge in [-0.05, 0) is 54.3 Å². The number of benzene rings is 1. The molecule has 0 radical (unpaired) electrons. The van der Waals surface area contributed by atoms with Crippen molar-refractivity contribution in [3.63, 3.8) is 0 Å². The van der Waals surface area contributed by atoms with E-state index in [1.165, 1.54) is 34.2 Å². The van der Waals surface area contributed by atoms with E-state index in [0.29, 0.717) is 12.1 Å². The Kier molecular flexibility index (Phi) is 4.59. The first-order chi connectivity index (χ1) is 9.76. The van der Waals surface area contributed by atoms with Crippen LogP contribution in [0.2, 0.25) is 0 Å². The summed E-state index contributed by atoms with van der Waals surface area (Å²) in [6.07, 6.45) is 3.70. The first-order valence-electron chi connectivity index (χ1n) is 7.31. The van der Waals surface area contributed by atoms with E-state index in [1.807, 2.05) is 11.3 Å². The van der Waals surface area contributed by atoms with E-state index in [-0.39, 0.29) is 0 Å². The molecule has 1 unspecified atom stereocenters. The smallest absolute Gasteiger partial charge is 0.0414 e. The number of nitrogens with one attached hydrogen (secondary N) is 1. The third-order valence-electron chi connectivity index (χ3n) is 4.21. The summed E-state index contributed by atoms with van der Waals surface area (Å²) in [5, 5.41) is 5.99. The predicted molar refractivity (Wildman–Crippen MR) is 90.4 cm³/mol. The third kappa shape index (κ3) is 3.16. The lowest BCUT2D eigenvalue weighted by Crippen LogP contribution is -2.41. The monoisotopic (exact) mass is 349 g/mol. The molecule has 2 aromatic rings. The van der Waals surface area contributed by atoms with Gasteiger partial charge < -0.3 is 5.32 Å². The van der Waals surface area contributed by atoms with Crippen LogP contribution in [-0.2, 0) is 0 Å². The van der Waals surface area contributed by atoms with Gasteiger partial charge in [-0.2, -0.15) is 0 Å². The van der Waals surface area contributed by atoms with Gasteiger partial charge in [-0.1, -0.05) is 41.1 Å². The number of halogens is 1. The summed E-state index contributed by atoms with van der Waals surface area (Å²) in [6.45, 7) is 2.27. The molecule has 0 spiro atoms. The second-order valence-electron chi connectivity index (χ2n) is 5.56. The second kappa shape index (κ2) is 6.42. The molecule has 1 atom stereocenters. The van der Waals surface area contributed by atoms with Crippen molar-refractivity contribution in [2.45, 2.75) is 44.2 Å². The highest BCUT2D eigenvalue weighted by molar-refractivity contribution is 9.10. The van der Waals surface area contributed by atoms with Crippen LogP contribution in [-0.4, -0.2) is 6.04 Å². The van der Waals surface area contributed by atoms with Crippen molar-refractivity contribution in [2.24, 2.45) is 0 Å². The molecule has 0 aliphatic heterocycles. The van der Waals surface area contributed by atoms with E-state index in [1.54, 1.807) is 0 Å². The van der Waals surface area contributed by atoms with E-state index >= 15 is 0 Å². The largest absolute Gasteiger partial charge is 0.306 e. The number of thiophene rings is 1. The molecule has 3 heteroatoms. The molecule has 1 nitrogen and oxygen atoms in total. The fraction of sp³-hybridized carbons (Fsp3) is 0.412. The van der Waals surface area contributed by atoms with Crippen molar-refractivity contribution in [3.05, 3.63) is 56.7 Å². The zero-order valence-electron chi connectivity index (χ0n) is 11.7. The summed E-state index contributed by atoms with van der Waals surface area (Å²) in [5.74, 6) is 0.737. The van der Waals surface area contributed by atoms with Gasteiger partial charge in [-0.25, -0.2) is 0 Å².